The monoisotopic (exact) mass is 313 g/mol. The molecule has 0 aliphatic rings. The topological polar surface area (TPSA) is 88.2 Å². The van der Waals surface area contributed by atoms with Gasteiger partial charge in [-0.25, -0.2) is 13.1 Å². The predicted molar refractivity (Wildman–Crippen MR) is 82.0 cm³/mol. The summed E-state index contributed by atoms with van der Waals surface area (Å²) < 4.78 is 25.2. The molecule has 0 aliphatic carbocycles. The molecular weight excluding hydrogens is 290 g/mol. The number of aromatic nitrogens is 1. The van der Waals surface area contributed by atoms with Crippen LogP contribution in [0.4, 0.5) is 0 Å². The standard InChI is InChI=1S/C14H23N3O3S/c1-10(2)9-13(17-21(4,19)20)14(18)16-11(3)12-5-7-15-8-6-12/h5-8,10-11,13,17H,9H2,1-4H3,(H,16,18)/t11-,13+/m1/s1. The molecule has 0 bridgehead atoms. The molecule has 0 aliphatic heterocycles. The Morgan fingerprint density at radius 3 is 2.29 bits per heavy atom. The SMILES string of the molecule is CC(C)C[C@H](NS(C)(=O)=O)C(=O)N[C@H](C)c1ccncc1. The Morgan fingerprint density at radius 2 is 1.81 bits per heavy atom. The van der Waals surface area contributed by atoms with Crippen LogP contribution in [0.2, 0.25) is 0 Å². The van der Waals surface area contributed by atoms with E-state index in [0.717, 1.165) is 11.8 Å². The molecule has 0 radical (unpaired) electrons. The number of carbonyl (C=O) groups excluding carboxylic acids is 1. The summed E-state index contributed by atoms with van der Waals surface area (Å²) in [5, 5.41) is 2.83. The molecule has 0 fully saturated rings. The van der Waals surface area contributed by atoms with E-state index in [1.165, 1.54) is 0 Å². The maximum absolute atomic E-state index is 12.3. The number of rotatable bonds is 7. The van der Waals surface area contributed by atoms with Crippen molar-refractivity contribution in [2.75, 3.05) is 6.26 Å². The minimum atomic E-state index is -3.44. The van der Waals surface area contributed by atoms with Gasteiger partial charge in [0, 0.05) is 12.4 Å². The third-order valence-corrected chi connectivity index (χ3v) is 3.66. The number of hydrogen-bond acceptors (Lipinski definition) is 4. The highest BCUT2D eigenvalue weighted by atomic mass is 32.2. The third kappa shape index (κ3) is 6.68. The molecule has 0 saturated heterocycles. The van der Waals surface area contributed by atoms with Gasteiger partial charge in [0.15, 0.2) is 0 Å². The van der Waals surface area contributed by atoms with Crippen molar-refractivity contribution in [2.45, 2.75) is 39.3 Å². The van der Waals surface area contributed by atoms with Gasteiger partial charge < -0.3 is 5.32 Å². The maximum Gasteiger partial charge on any atom is 0.238 e. The van der Waals surface area contributed by atoms with Crippen molar-refractivity contribution >= 4 is 15.9 Å². The first-order valence-corrected chi connectivity index (χ1v) is 8.75. The van der Waals surface area contributed by atoms with Crippen LogP contribution in [-0.2, 0) is 14.8 Å². The van der Waals surface area contributed by atoms with Gasteiger partial charge in [0.2, 0.25) is 15.9 Å². The summed E-state index contributed by atoms with van der Waals surface area (Å²) in [6.07, 6.45) is 4.80. The van der Waals surface area contributed by atoms with Gasteiger partial charge in [0.05, 0.1) is 12.3 Å². The van der Waals surface area contributed by atoms with Gasteiger partial charge in [-0.05, 0) is 37.0 Å². The van der Waals surface area contributed by atoms with Crippen molar-refractivity contribution in [1.29, 1.82) is 0 Å². The van der Waals surface area contributed by atoms with Gasteiger partial charge in [0.25, 0.3) is 0 Å². The lowest BCUT2D eigenvalue weighted by Crippen LogP contribution is -2.47. The minimum absolute atomic E-state index is 0.200. The summed E-state index contributed by atoms with van der Waals surface area (Å²) in [7, 11) is -3.44. The number of nitrogens with zero attached hydrogens (tertiary/aromatic N) is 1. The number of pyridine rings is 1. The summed E-state index contributed by atoms with van der Waals surface area (Å²) in [6.45, 7) is 5.73. The van der Waals surface area contributed by atoms with E-state index in [0.29, 0.717) is 6.42 Å². The molecule has 6 nitrogen and oxygen atoms in total. The first-order chi connectivity index (χ1) is 9.69. The Bertz CT molecular complexity index is 558. The van der Waals surface area contributed by atoms with Crippen LogP contribution in [0.5, 0.6) is 0 Å². The van der Waals surface area contributed by atoms with E-state index in [9.17, 15) is 13.2 Å². The first-order valence-electron chi connectivity index (χ1n) is 6.86. The molecule has 1 amide bonds. The summed E-state index contributed by atoms with van der Waals surface area (Å²) in [4.78, 5) is 16.2. The van der Waals surface area contributed by atoms with Crippen LogP contribution in [0.3, 0.4) is 0 Å². The first kappa shape index (κ1) is 17.6. The smallest absolute Gasteiger partial charge is 0.238 e. The minimum Gasteiger partial charge on any atom is -0.348 e. The van der Waals surface area contributed by atoms with E-state index in [2.05, 4.69) is 15.0 Å². The van der Waals surface area contributed by atoms with Gasteiger partial charge in [-0.1, -0.05) is 13.8 Å². The molecule has 21 heavy (non-hydrogen) atoms. The lowest BCUT2D eigenvalue weighted by molar-refractivity contribution is -0.123. The second kappa shape index (κ2) is 7.51. The van der Waals surface area contributed by atoms with E-state index in [-0.39, 0.29) is 17.9 Å². The number of nitrogens with one attached hydrogen (secondary N) is 2. The van der Waals surface area contributed by atoms with Crippen LogP contribution >= 0.6 is 0 Å². The zero-order valence-corrected chi connectivity index (χ0v) is 13.6. The molecule has 1 heterocycles. The van der Waals surface area contributed by atoms with Crippen LogP contribution in [0.15, 0.2) is 24.5 Å². The molecular formula is C14H23N3O3S. The van der Waals surface area contributed by atoms with Crippen LogP contribution in [0, 0.1) is 5.92 Å². The fraction of sp³-hybridized carbons (Fsp3) is 0.571. The van der Waals surface area contributed by atoms with Crippen LogP contribution < -0.4 is 10.0 Å². The Labute approximate surface area is 126 Å². The van der Waals surface area contributed by atoms with E-state index in [1.54, 1.807) is 12.4 Å². The molecule has 0 unspecified atom stereocenters. The fourth-order valence-electron chi connectivity index (χ4n) is 1.99. The Kier molecular flexibility index (Phi) is 6.29. The van der Waals surface area contributed by atoms with Gasteiger partial charge in [-0.2, -0.15) is 0 Å². The van der Waals surface area contributed by atoms with E-state index in [1.807, 2.05) is 32.9 Å². The van der Waals surface area contributed by atoms with Gasteiger partial charge in [-0.15, -0.1) is 0 Å². The number of sulfonamides is 1. The molecule has 0 spiro atoms. The van der Waals surface area contributed by atoms with Crippen molar-refractivity contribution in [3.05, 3.63) is 30.1 Å². The second-order valence-corrected chi connectivity index (χ2v) is 7.36. The number of carbonyl (C=O) groups is 1. The lowest BCUT2D eigenvalue weighted by Gasteiger charge is -2.22. The van der Waals surface area contributed by atoms with Crippen LogP contribution in [0.25, 0.3) is 0 Å². The highest BCUT2D eigenvalue weighted by Crippen LogP contribution is 2.12. The van der Waals surface area contributed by atoms with Gasteiger partial charge >= 0.3 is 0 Å². The maximum atomic E-state index is 12.3. The molecule has 1 rings (SSSR count). The number of hydrogen-bond donors (Lipinski definition) is 2. The highest BCUT2D eigenvalue weighted by molar-refractivity contribution is 7.88. The van der Waals surface area contributed by atoms with Crippen molar-refractivity contribution in [2.24, 2.45) is 5.92 Å². The third-order valence-electron chi connectivity index (χ3n) is 2.94. The predicted octanol–water partition coefficient (Wildman–Crippen LogP) is 1.22. The average Bonchev–Trinajstić information content (AvgIpc) is 2.36. The van der Waals surface area contributed by atoms with E-state index >= 15 is 0 Å². The zero-order valence-electron chi connectivity index (χ0n) is 12.8. The molecule has 1 aromatic rings. The lowest BCUT2D eigenvalue weighted by atomic mass is 10.0. The van der Waals surface area contributed by atoms with Gasteiger partial charge in [0.1, 0.15) is 6.04 Å². The van der Waals surface area contributed by atoms with Crippen LogP contribution in [0.1, 0.15) is 38.8 Å². The Morgan fingerprint density at radius 1 is 1.24 bits per heavy atom. The molecule has 0 saturated carbocycles. The van der Waals surface area contributed by atoms with Crippen molar-refractivity contribution in [3.63, 3.8) is 0 Å². The average molecular weight is 313 g/mol. The summed E-state index contributed by atoms with van der Waals surface area (Å²) in [5.74, 6) is -0.121. The molecule has 118 valence electrons. The molecule has 2 atom stereocenters. The largest absolute Gasteiger partial charge is 0.348 e. The second-order valence-electron chi connectivity index (χ2n) is 5.58. The zero-order chi connectivity index (χ0) is 16.0. The van der Waals surface area contributed by atoms with Crippen molar-refractivity contribution < 1.29 is 13.2 Å². The Hall–Kier alpha value is -1.47. The normalized spacial score (nSPS) is 14.7. The fourth-order valence-corrected chi connectivity index (χ4v) is 2.71. The van der Waals surface area contributed by atoms with E-state index < -0.39 is 16.1 Å². The molecule has 1 aromatic heterocycles. The summed E-state index contributed by atoms with van der Waals surface area (Å²) in [6, 6.07) is 2.65. The Balaban J connectivity index is 2.76. The van der Waals surface area contributed by atoms with E-state index in [4.69, 9.17) is 0 Å². The summed E-state index contributed by atoms with van der Waals surface area (Å²) in [5.41, 5.74) is 0.918. The summed E-state index contributed by atoms with van der Waals surface area (Å²) >= 11 is 0. The van der Waals surface area contributed by atoms with Crippen molar-refractivity contribution in [1.82, 2.24) is 15.0 Å². The quantitative estimate of drug-likeness (QED) is 0.792. The van der Waals surface area contributed by atoms with Gasteiger partial charge in [-0.3, -0.25) is 9.78 Å². The molecule has 7 heteroatoms. The van der Waals surface area contributed by atoms with Crippen LogP contribution in [-0.4, -0.2) is 31.6 Å². The highest BCUT2D eigenvalue weighted by Gasteiger charge is 2.24. The molecule has 0 aromatic carbocycles. The molecule has 2 N–H and O–H groups in total. The van der Waals surface area contributed by atoms with Crippen molar-refractivity contribution in [3.8, 4) is 0 Å². The number of amides is 1.